The van der Waals surface area contributed by atoms with Crippen LogP contribution in [0.15, 0.2) is 24.4 Å². The molecule has 0 unspecified atom stereocenters. The molecular weight excluding hydrogens is 190 g/mol. The van der Waals surface area contributed by atoms with Crippen LogP contribution in [-0.2, 0) is 0 Å². The zero-order valence-corrected chi connectivity index (χ0v) is 7.51. The van der Waals surface area contributed by atoms with Gasteiger partial charge in [-0.2, -0.15) is 0 Å². The molecule has 0 aliphatic carbocycles. The Hall–Kier alpha value is -0.370. The summed E-state index contributed by atoms with van der Waals surface area (Å²) in [4.78, 5) is 4.61. The van der Waals surface area contributed by atoms with Gasteiger partial charge in [-0.25, -0.2) is 0 Å². The standard InChI is InChI=1S/C8H10BrN/c1-2-7(9)8-5-3-4-6-10-8/h3-7H,2H2,1H3/t7-/m0/s1. The Morgan fingerprint density at radius 3 is 2.90 bits per heavy atom. The summed E-state index contributed by atoms with van der Waals surface area (Å²) < 4.78 is 0. The van der Waals surface area contributed by atoms with Gasteiger partial charge in [0.25, 0.3) is 0 Å². The minimum Gasteiger partial charge on any atom is -0.260 e. The van der Waals surface area contributed by atoms with E-state index in [9.17, 15) is 0 Å². The van der Waals surface area contributed by atoms with E-state index in [1.54, 1.807) is 0 Å². The number of hydrogen-bond acceptors (Lipinski definition) is 1. The lowest BCUT2D eigenvalue weighted by molar-refractivity contribution is 0.873. The maximum atomic E-state index is 4.20. The van der Waals surface area contributed by atoms with Crippen LogP contribution in [0.1, 0.15) is 23.9 Å². The highest BCUT2D eigenvalue weighted by Gasteiger charge is 2.02. The smallest absolute Gasteiger partial charge is 0.0565 e. The van der Waals surface area contributed by atoms with E-state index >= 15 is 0 Å². The van der Waals surface area contributed by atoms with Gasteiger partial charge < -0.3 is 0 Å². The molecule has 0 spiro atoms. The van der Waals surface area contributed by atoms with Crippen molar-refractivity contribution in [1.82, 2.24) is 4.98 Å². The van der Waals surface area contributed by atoms with Crippen LogP contribution in [0.5, 0.6) is 0 Å². The molecular formula is C8H10BrN. The summed E-state index contributed by atoms with van der Waals surface area (Å²) in [7, 11) is 0. The van der Waals surface area contributed by atoms with Crippen LogP contribution in [0.25, 0.3) is 0 Å². The zero-order chi connectivity index (χ0) is 7.40. The molecule has 0 amide bonds. The third-order valence-electron chi connectivity index (χ3n) is 1.37. The summed E-state index contributed by atoms with van der Waals surface area (Å²) in [5.41, 5.74) is 1.12. The van der Waals surface area contributed by atoms with E-state index in [-0.39, 0.29) is 0 Å². The number of pyridine rings is 1. The molecule has 0 saturated heterocycles. The molecule has 1 atom stereocenters. The molecule has 0 aliphatic heterocycles. The largest absolute Gasteiger partial charge is 0.260 e. The molecule has 0 aromatic carbocycles. The number of alkyl halides is 1. The van der Waals surface area contributed by atoms with Crippen molar-refractivity contribution >= 4 is 15.9 Å². The van der Waals surface area contributed by atoms with E-state index in [0.717, 1.165) is 12.1 Å². The Balaban J connectivity index is 2.75. The van der Waals surface area contributed by atoms with Crippen molar-refractivity contribution in [2.75, 3.05) is 0 Å². The first-order valence-electron chi connectivity index (χ1n) is 3.39. The highest BCUT2D eigenvalue weighted by atomic mass is 79.9. The molecule has 0 bridgehead atoms. The SMILES string of the molecule is CC[C@H](Br)c1ccccn1. The first-order valence-corrected chi connectivity index (χ1v) is 4.31. The van der Waals surface area contributed by atoms with Crippen LogP contribution in [0.3, 0.4) is 0 Å². The maximum Gasteiger partial charge on any atom is 0.0565 e. The summed E-state index contributed by atoms with van der Waals surface area (Å²) in [5, 5.41) is 0. The Morgan fingerprint density at radius 1 is 1.60 bits per heavy atom. The first kappa shape index (κ1) is 7.73. The predicted octanol–water partition coefficient (Wildman–Crippen LogP) is 2.93. The third kappa shape index (κ3) is 1.81. The van der Waals surface area contributed by atoms with Crippen LogP contribution < -0.4 is 0 Å². The van der Waals surface area contributed by atoms with Crippen LogP contribution >= 0.6 is 15.9 Å². The van der Waals surface area contributed by atoms with Crippen LogP contribution in [0.2, 0.25) is 0 Å². The minimum absolute atomic E-state index is 0.411. The molecule has 0 saturated carbocycles. The van der Waals surface area contributed by atoms with E-state index in [0.29, 0.717) is 4.83 Å². The number of hydrogen-bond donors (Lipinski definition) is 0. The summed E-state index contributed by atoms with van der Waals surface area (Å²) >= 11 is 3.52. The fourth-order valence-electron chi connectivity index (χ4n) is 0.770. The lowest BCUT2D eigenvalue weighted by Gasteiger charge is -2.03. The van der Waals surface area contributed by atoms with Gasteiger partial charge in [0, 0.05) is 6.20 Å². The second kappa shape index (κ2) is 3.71. The molecule has 0 N–H and O–H groups in total. The Kier molecular flexibility index (Phi) is 2.87. The van der Waals surface area contributed by atoms with Crippen molar-refractivity contribution in [3.05, 3.63) is 30.1 Å². The Bertz CT molecular complexity index is 186. The van der Waals surface area contributed by atoms with Gasteiger partial charge in [0.2, 0.25) is 0 Å². The van der Waals surface area contributed by atoms with Crippen molar-refractivity contribution < 1.29 is 0 Å². The Labute approximate surface area is 69.6 Å². The fourth-order valence-corrected chi connectivity index (χ4v) is 1.04. The average molecular weight is 200 g/mol. The van der Waals surface area contributed by atoms with Gasteiger partial charge in [-0.15, -0.1) is 0 Å². The van der Waals surface area contributed by atoms with Gasteiger partial charge in [-0.05, 0) is 18.6 Å². The second-order valence-corrected chi connectivity index (χ2v) is 3.24. The number of nitrogens with zero attached hydrogens (tertiary/aromatic N) is 1. The van der Waals surface area contributed by atoms with Crippen LogP contribution in [0, 0.1) is 0 Å². The maximum absolute atomic E-state index is 4.20. The molecule has 1 aromatic heterocycles. The molecule has 1 nitrogen and oxygen atoms in total. The van der Waals surface area contributed by atoms with E-state index in [4.69, 9.17) is 0 Å². The zero-order valence-electron chi connectivity index (χ0n) is 5.92. The molecule has 1 heterocycles. The van der Waals surface area contributed by atoms with E-state index < -0.39 is 0 Å². The topological polar surface area (TPSA) is 12.9 Å². The van der Waals surface area contributed by atoms with Gasteiger partial charge in [-0.3, -0.25) is 4.98 Å². The van der Waals surface area contributed by atoms with Crippen LogP contribution in [0.4, 0.5) is 0 Å². The number of rotatable bonds is 2. The Morgan fingerprint density at radius 2 is 2.40 bits per heavy atom. The van der Waals surface area contributed by atoms with E-state index in [2.05, 4.69) is 27.8 Å². The normalized spacial score (nSPS) is 13.0. The summed E-state index contributed by atoms with van der Waals surface area (Å²) in [6.45, 7) is 2.13. The number of halogens is 1. The van der Waals surface area contributed by atoms with Crippen molar-refractivity contribution in [2.45, 2.75) is 18.2 Å². The highest BCUT2D eigenvalue weighted by Crippen LogP contribution is 2.22. The summed E-state index contributed by atoms with van der Waals surface area (Å²) in [6, 6.07) is 5.97. The van der Waals surface area contributed by atoms with Crippen molar-refractivity contribution in [1.29, 1.82) is 0 Å². The third-order valence-corrected chi connectivity index (χ3v) is 2.48. The van der Waals surface area contributed by atoms with Crippen molar-refractivity contribution in [3.63, 3.8) is 0 Å². The van der Waals surface area contributed by atoms with Gasteiger partial charge >= 0.3 is 0 Å². The second-order valence-electron chi connectivity index (χ2n) is 2.13. The van der Waals surface area contributed by atoms with E-state index in [1.165, 1.54) is 0 Å². The van der Waals surface area contributed by atoms with Crippen molar-refractivity contribution in [3.8, 4) is 0 Å². The lowest BCUT2D eigenvalue weighted by Crippen LogP contribution is -1.89. The molecule has 2 heteroatoms. The lowest BCUT2D eigenvalue weighted by atomic mass is 10.2. The van der Waals surface area contributed by atoms with E-state index in [1.807, 2.05) is 24.4 Å². The highest BCUT2D eigenvalue weighted by molar-refractivity contribution is 9.09. The molecule has 1 aromatic rings. The molecule has 0 radical (unpaired) electrons. The quantitative estimate of drug-likeness (QED) is 0.668. The molecule has 54 valence electrons. The van der Waals surface area contributed by atoms with Gasteiger partial charge in [0.15, 0.2) is 0 Å². The average Bonchev–Trinajstić information content (AvgIpc) is 2.05. The van der Waals surface area contributed by atoms with Crippen molar-refractivity contribution in [2.24, 2.45) is 0 Å². The van der Waals surface area contributed by atoms with Gasteiger partial charge in [0.05, 0.1) is 10.5 Å². The minimum atomic E-state index is 0.411. The summed E-state index contributed by atoms with van der Waals surface area (Å²) in [5.74, 6) is 0. The first-order chi connectivity index (χ1) is 4.84. The number of aromatic nitrogens is 1. The molecule has 0 fully saturated rings. The fraction of sp³-hybridized carbons (Fsp3) is 0.375. The van der Waals surface area contributed by atoms with Crippen LogP contribution in [-0.4, -0.2) is 4.98 Å². The van der Waals surface area contributed by atoms with Gasteiger partial charge in [0.1, 0.15) is 0 Å². The monoisotopic (exact) mass is 199 g/mol. The molecule has 10 heavy (non-hydrogen) atoms. The predicted molar refractivity (Wildman–Crippen MR) is 46.2 cm³/mol. The van der Waals surface area contributed by atoms with Gasteiger partial charge in [-0.1, -0.05) is 28.9 Å². The molecule has 0 aliphatic rings. The molecule has 1 rings (SSSR count). The summed E-state index contributed by atoms with van der Waals surface area (Å²) in [6.07, 6.45) is 2.90.